The van der Waals surface area contributed by atoms with Gasteiger partial charge in [-0.3, -0.25) is 0 Å². The van der Waals surface area contributed by atoms with E-state index in [2.05, 4.69) is 4.74 Å². The number of ether oxygens (including phenoxy) is 2. The van der Waals surface area contributed by atoms with E-state index in [1.54, 1.807) is 6.92 Å². The van der Waals surface area contributed by atoms with Crippen LogP contribution in [0.4, 0.5) is 4.39 Å². The highest BCUT2D eigenvalue weighted by atomic mass is 35.5. The molecule has 0 radical (unpaired) electrons. The van der Waals surface area contributed by atoms with Gasteiger partial charge >= 0.3 is 5.97 Å². The number of benzene rings is 1. The second-order valence-electron chi connectivity index (χ2n) is 2.69. The Hall–Kier alpha value is -1.29. The Morgan fingerprint density at radius 3 is 2.73 bits per heavy atom. The minimum atomic E-state index is -0.759. The summed E-state index contributed by atoms with van der Waals surface area (Å²) in [4.78, 5) is 11.1. The van der Waals surface area contributed by atoms with Crippen molar-refractivity contribution in [3.05, 3.63) is 28.5 Å². The number of carbonyl (C=O) groups is 1. The quantitative estimate of drug-likeness (QED) is 0.752. The summed E-state index contributed by atoms with van der Waals surface area (Å²) in [5, 5.41) is 0.127. The number of hydrogen-bond acceptors (Lipinski definition) is 3. The van der Waals surface area contributed by atoms with Crippen molar-refractivity contribution < 1.29 is 18.7 Å². The van der Waals surface area contributed by atoms with Crippen molar-refractivity contribution in [2.24, 2.45) is 0 Å². The number of methoxy groups -OCH3 is 1. The maximum absolute atomic E-state index is 13.3. The molecule has 15 heavy (non-hydrogen) atoms. The minimum Gasteiger partial charge on any atom is -0.492 e. The minimum absolute atomic E-state index is 0.127. The van der Waals surface area contributed by atoms with E-state index >= 15 is 0 Å². The molecule has 0 saturated carbocycles. The second-order valence-corrected chi connectivity index (χ2v) is 3.09. The summed E-state index contributed by atoms with van der Waals surface area (Å²) < 4.78 is 22.8. The summed E-state index contributed by atoms with van der Waals surface area (Å²) in [6, 6.07) is 2.26. The van der Waals surface area contributed by atoms with E-state index in [1.165, 1.54) is 13.2 Å². The Labute approximate surface area is 91.7 Å². The summed E-state index contributed by atoms with van der Waals surface area (Å²) >= 11 is 5.71. The van der Waals surface area contributed by atoms with Crippen LogP contribution in [0.1, 0.15) is 17.3 Å². The molecule has 0 aliphatic carbocycles. The van der Waals surface area contributed by atoms with E-state index in [9.17, 15) is 9.18 Å². The number of esters is 1. The first-order chi connectivity index (χ1) is 7.10. The molecule has 0 aromatic heterocycles. The fourth-order valence-electron chi connectivity index (χ4n) is 1.06. The molecule has 0 heterocycles. The SMILES string of the molecule is CCOc1cc(C(=O)OC)c(F)cc1Cl. The molecule has 0 aliphatic heterocycles. The van der Waals surface area contributed by atoms with Crippen molar-refractivity contribution in [1.82, 2.24) is 0 Å². The highest BCUT2D eigenvalue weighted by molar-refractivity contribution is 6.32. The van der Waals surface area contributed by atoms with Crippen LogP contribution in [0.25, 0.3) is 0 Å². The van der Waals surface area contributed by atoms with Gasteiger partial charge in [0.1, 0.15) is 11.6 Å². The van der Waals surface area contributed by atoms with E-state index in [-0.39, 0.29) is 16.3 Å². The lowest BCUT2D eigenvalue weighted by Crippen LogP contribution is -2.05. The zero-order chi connectivity index (χ0) is 11.4. The summed E-state index contributed by atoms with van der Waals surface area (Å²) in [6.07, 6.45) is 0. The molecule has 0 unspecified atom stereocenters. The lowest BCUT2D eigenvalue weighted by molar-refractivity contribution is 0.0595. The first kappa shape index (κ1) is 11.8. The smallest absolute Gasteiger partial charge is 0.340 e. The molecule has 82 valence electrons. The highest BCUT2D eigenvalue weighted by Crippen LogP contribution is 2.28. The number of carbonyl (C=O) groups excluding carboxylic acids is 1. The van der Waals surface area contributed by atoms with Gasteiger partial charge in [-0.1, -0.05) is 11.6 Å². The fourth-order valence-corrected chi connectivity index (χ4v) is 1.27. The normalized spacial score (nSPS) is 9.87. The van der Waals surface area contributed by atoms with Crippen LogP contribution in [0.5, 0.6) is 5.75 Å². The van der Waals surface area contributed by atoms with Gasteiger partial charge in [0.05, 0.1) is 24.3 Å². The van der Waals surface area contributed by atoms with Gasteiger partial charge in [0.15, 0.2) is 0 Å². The van der Waals surface area contributed by atoms with Crippen LogP contribution in [-0.4, -0.2) is 19.7 Å². The van der Waals surface area contributed by atoms with Crippen LogP contribution in [0.2, 0.25) is 5.02 Å². The van der Waals surface area contributed by atoms with Gasteiger partial charge in [0.2, 0.25) is 0 Å². The molecule has 0 amide bonds. The second kappa shape index (κ2) is 4.98. The van der Waals surface area contributed by atoms with E-state index in [4.69, 9.17) is 16.3 Å². The average Bonchev–Trinajstić information content (AvgIpc) is 2.21. The third-order valence-corrected chi connectivity index (χ3v) is 2.02. The van der Waals surface area contributed by atoms with E-state index in [0.29, 0.717) is 6.61 Å². The van der Waals surface area contributed by atoms with Crippen LogP contribution in [0.15, 0.2) is 12.1 Å². The Morgan fingerprint density at radius 2 is 2.20 bits per heavy atom. The lowest BCUT2D eigenvalue weighted by atomic mass is 10.2. The first-order valence-corrected chi connectivity index (χ1v) is 4.68. The average molecular weight is 233 g/mol. The zero-order valence-corrected chi connectivity index (χ0v) is 9.10. The van der Waals surface area contributed by atoms with Crippen LogP contribution in [0, 0.1) is 5.82 Å². The van der Waals surface area contributed by atoms with Crippen LogP contribution < -0.4 is 4.74 Å². The monoisotopic (exact) mass is 232 g/mol. The zero-order valence-electron chi connectivity index (χ0n) is 8.34. The van der Waals surface area contributed by atoms with E-state index in [0.717, 1.165) is 6.07 Å². The van der Waals surface area contributed by atoms with E-state index < -0.39 is 11.8 Å². The molecule has 0 fully saturated rings. The molecule has 0 spiro atoms. The van der Waals surface area contributed by atoms with Gasteiger partial charge in [0, 0.05) is 0 Å². The maximum atomic E-state index is 13.3. The van der Waals surface area contributed by atoms with Gasteiger partial charge in [-0.25, -0.2) is 9.18 Å². The number of halogens is 2. The molecule has 1 rings (SSSR count). The van der Waals surface area contributed by atoms with Gasteiger partial charge in [-0.15, -0.1) is 0 Å². The molecule has 0 bridgehead atoms. The molecule has 5 heteroatoms. The van der Waals surface area contributed by atoms with E-state index in [1.807, 2.05) is 0 Å². The Morgan fingerprint density at radius 1 is 1.53 bits per heavy atom. The highest BCUT2D eigenvalue weighted by Gasteiger charge is 2.16. The molecular formula is C10H10ClFO3. The Kier molecular flexibility index (Phi) is 3.91. The summed E-state index contributed by atoms with van der Waals surface area (Å²) in [5.41, 5.74) is -0.189. The van der Waals surface area contributed by atoms with Crippen molar-refractivity contribution in [3.63, 3.8) is 0 Å². The molecular weight excluding hydrogens is 223 g/mol. The van der Waals surface area contributed by atoms with Crippen molar-refractivity contribution in [3.8, 4) is 5.75 Å². The molecule has 1 aromatic rings. The van der Waals surface area contributed by atoms with Gasteiger partial charge in [-0.05, 0) is 19.1 Å². The molecule has 3 nitrogen and oxygen atoms in total. The van der Waals surface area contributed by atoms with Crippen molar-refractivity contribution in [2.75, 3.05) is 13.7 Å². The number of rotatable bonds is 3. The van der Waals surface area contributed by atoms with Crippen molar-refractivity contribution in [1.29, 1.82) is 0 Å². The predicted molar refractivity (Wildman–Crippen MR) is 53.9 cm³/mol. The number of hydrogen-bond donors (Lipinski definition) is 0. The Bertz CT molecular complexity index is 379. The van der Waals surface area contributed by atoms with Crippen molar-refractivity contribution >= 4 is 17.6 Å². The van der Waals surface area contributed by atoms with Gasteiger partial charge in [0.25, 0.3) is 0 Å². The van der Waals surface area contributed by atoms with Crippen LogP contribution >= 0.6 is 11.6 Å². The maximum Gasteiger partial charge on any atom is 0.340 e. The molecule has 0 saturated heterocycles. The summed E-state index contributed by atoms with van der Waals surface area (Å²) in [7, 11) is 1.18. The molecule has 0 atom stereocenters. The molecule has 0 aliphatic rings. The largest absolute Gasteiger partial charge is 0.492 e. The van der Waals surface area contributed by atoms with Gasteiger partial charge < -0.3 is 9.47 Å². The van der Waals surface area contributed by atoms with Crippen molar-refractivity contribution in [2.45, 2.75) is 6.92 Å². The standard InChI is InChI=1S/C10H10ClFO3/c1-3-15-9-4-6(10(13)14-2)8(12)5-7(9)11/h4-5H,3H2,1-2H3. The molecule has 1 aromatic carbocycles. The molecule has 0 N–H and O–H groups in total. The first-order valence-electron chi connectivity index (χ1n) is 4.30. The third kappa shape index (κ3) is 2.59. The third-order valence-electron chi connectivity index (χ3n) is 1.73. The summed E-state index contributed by atoms with van der Waals surface area (Å²) in [5.74, 6) is -1.22. The summed E-state index contributed by atoms with van der Waals surface area (Å²) in [6.45, 7) is 2.14. The van der Waals surface area contributed by atoms with Crippen LogP contribution in [0.3, 0.4) is 0 Å². The predicted octanol–water partition coefficient (Wildman–Crippen LogP) is 2.66. The van der Waals surface area contributed by atoms with Gasteiger partial charge in [-0.2, -0.15) is 0 Å². The Balaban J connectivity index is 3.17. The lowest BCUT2D eigenvalue weighted by Gasteiger charge is -2.08. The topological polar surface area (TPSA) is 35.5 Å². The van der Waals surface area contributed by atoms with Crippen LogP contribution in [-0.2, 0) is 4.74 Å². The fraction of sp³-hybridized carbons (Fsp3) is 0.300.